The molecule has 0 atom stereocenters. The Morgan fingerprint density at radius 2 is 1.76 bits per heavy atom. The summed E-state index contributed by atoms with van der Waals surface area (Å²) in [5.41, 5.74) is 9.02. The second kappa shape index (κ2) is 15.4. The van der Waals surface area contributed by atoms with Crippen LogP contribution in [0.25, 0.3) is 16.9 Å². The first kappa shape index (κ1) is 29.5. The van der Waals surface area contributed by atoms with Gasteiger partial charge in [0.1, 0.15) is 30.6 Å². The summed E-state index contributed by atoms with van der Waals surface area (Å²) in [7, 11) is 1.68. The maximum absolute atomic E-state index is 14.1. The van der Waals surface area contributed by atoms with E-state index in [1.807, 2.05) is 51.1 Å². The molecule has 3 aromatic rings. The van der Waals surface area contributed by atoms with Crippen LogP contribution in [0.3, 0.4) is 0 Å². The topological polar surface area (TPSA) is 106 Å². The molecule has 8 nitrogen and oxygen atoms in total. The molecule has 0 aliphatic carbocycles. The van der Waals surface area contributed by atoms with E-state index in [0.29, 0.717) is 17.1 Å². The van der Waals surface area contributed by atoms with Crippen LogP contribution < -0.4 is 10.6 Å². The van der Waals surface area contributed by atoms with Gasteiger partial charge in [-0.1, -0.05) is 19.9 Å². The Hall–Kier alpha value is -3.74. The van der Waals surface area contributed by atoms with Crippen LogP contribution >= 0.6 is 0 Å². The molecular formula is C28H36FN5O3. The highest BCUT2D eigenvalue weighted by Crippen LogP contribution is 2.28. The number of anilines is 2. The van der Waals surface area contributed by atoms with Gasteiger partial charge < -0.3 is 24.9 Å². The molecule has 0 amide bonds. The highest BCUT2D eigenvalue weighted by Gasteiger charge is 2.20. The molecule has 0 bridgehead atoms. The van der Waals surface area contributed by atoms with Crippen molar-refractivity contribution in [3.63, 3.8) is 0 Å². The van der Waals surface area contributed by atoms with Crippen molar-refractivity contribution in [2.75, 3.05) is 44.0 Å². The first-order valence-corrected chi connectivity index (χ1v) is 12.5. The number of nitriles is 1. The number of carbonyl (C=O) groups excluding carboxylic acids is 1. The van der Waals surface area contributed by atoms with E-state index in [1.54, 1.807) is 23.9 Å². The number of carbonyl (C=O) groups is 1. The number of piperidine rings is 1. The Kier molecular flexibility index (Phi) is 12.3. The molecule has 0 radical (unpaired) electrons. The third kappa shape index (κ3) is 8.13. The summed E-state index contributed by atoms with van der Waals surface area (Å²) in [6.45, 7) is 8.64. The summed E-state index contributed by atoms with van der Waals surface area (Å²) in [6, 6.07) is 15.9. The van der Waals surface area contributed by atoms with E-state index >= 15 is 0 Å². The molecule has 2 aromatic carbocycles. The molecule has 1 fully saturated rings. The predicted octanol–water partition coefficient (Wildman–Crippen LogP) is 5.00. The zero-order valence-electron chi connectivity index (χ0n) is 22.0. The van der Waals surface area contributed by atoms with Crippen LogP contribution in [-0.2, 0) is 14.3 Å². The number of hydrogen-bond acceptors (Lipinski definition) is 7. The monoisotopic (exact) mass is 509 g/mol. The van der Waals surface area contributed by atoms with E-state index < -0.39 is 5.82 Å². The van der Waals surface area contributed by atoms with Gasteiger partial charge in [-0.3, -0.25) is 0 Å². The SMILES string of the molecule is CC.CCOC.N#Cc1ccc(-c2cc(N)nn2-c2ccc(N3CCC(OCC=O)CC3)cc2)cc1F. The predicted molar refractivity (Wildman–Crippen MR) is 144 cm³/mol. The number of rotatable bonds is 7. The van der Waals surface area contributed by atoms with Crippen molar-refractivity contribution in [1.29, 1.82) is 5.26 Å². The number of nitrogens with zero attached hydrogens (tertiary/aromatic N) is 4. The van der Waals surface area contributed by atoms with Crippen LogP contribution in [0.4, 0.5) is 15.9 Å². The highest BCUT2D eigenvalue weighted by atomic mass is 19.1. The average molecular weight is 510 g/mol. The van der Waals surface area contributed by atoms with Crippen LogP contribution in [-0.4, -0.2) is 55.6 Å². The standard InChI is InChI=1S/C23H22FN5O2.C3H8O.C2H6/c24-21-13-16(1-2-17(21)15-25)22-14-23(26)27-29(22)19-5-3-18(4-6-19)28-9-7-20(8-10-28)31-12-11-30;1-3-4-2;1-2/h1-6,11,13-14,20H,7-10,12H2,(H2,26,27);3H2,1-2H3;1-2H3. The van der Waals surface area contributed by atoms with Crippen LogP contribution in [0.15, 0.2) is 48.5 Å². The summed E-state index contributed by atoms with van der Waals surface area (Å²) < 4.78 is 25.8. The van der Waals surface area contributed by atoms with E-state index in [0.717, 1.165) is 50.2 Å². The fourth-order valence-corrected chi connectivity index (χ4v) is 3.83. The van der Waals surface area contributed by atoms with Gasteiger partial charge in [-0.25, -0.2) is 9.07 Å². The van der Waals surface area contributed by atoms with Gasteiger partial charge in [-0.05, 0) is 56.2 Å². The number of halogens is 1. The number of methoxy groups -OCH3 is 1. The van der Waals surface area contributed by atoms with E-state index in [2.05, 4.69) is 14.7 Å². The van der Waals surface area contributed by atoms with Crippen molar-refractivity contribution in [2.24, 2.45) is 0 Å². The minimum absolute atomic E-state index is 0.00697. The van der Waals surface area contributed by atoms with Gasteiger partial charge in [0, 0.05) is 44.1 Å². The van der Waals surface area contributed by atoms with Gasteiger partial charge in [0.2, 0.25) is 0 Å². The molecule has 1 aliphatic rings. The fourth-order valence-electron chi connectivity index (χ4n) is 3.83. The number of nitrogen functional groups attached to an aromatic ring is 1. The Labute approximate surface area is 218 Å². The number of hydrogen-bond donors (Lipinski definition) is 1. The molecule has 9 heteroatoms. The van der Waals surface area contributed by atoms with Crippen LogP contribution in [0.1, 0.15) is 39.2 Å². The van der Waals surface area contributed by atoms with Crippen molar-refractivity contribution >= 4 is 17.8 Å². The van der Waals surface area contributed by atoms with Crippen LogP contribution in [0, 0.1) is 17.1 Å². The van der Waals surface area contributed by atoms with Crippen LogP contribution in [0.2, 0.25) is 0 Å². The highest BCUT2D eigenvalue weighted by molar-refractivity contribution is 5.67. The van der Waals surface area contributed by atoms with Gasteiger partial charge in [-0.15, -0.1) is 0 Å². The second-order valence-corrected chi connectivity index (χ2v) is 7.95. The smallest absolute Gasteiger partial charge is 0.146 e. The summed E-state index contributed by atoms with van der Waals surface area (Å²) in [4.78, 5) is 12.7. The molecule has 1 saturated heterocycles. The Morgan fingerprint density at radius 1 is 1.14 bits per heavy atom. The average Bonchev–Trinajstić information content (AvgIpc) is 3.35. The van der Waals surface area contributed by atoms with Crippen molar-refractivity contribution in [1.82, 2.24) is 9.78 Å². The zero-order chi connectivity index (χ0) is 27.2. The quantitative estimate of drug-likeness (QED) is 0.447. The lowest BCUT2D eigenvalue weighted by molar-refractivity contribution is -0.114. The van der Waals surface area contributed by atoms with Crippen molar-refractivity contribution < 1.29 is 18.7 Å². The normalized spacial score (nSPS) is 13.0. The molecule has 0 saturated carbocycles. The van der Waals surface area contributed by atoms with Crippen molar-refractivity contribution in [3.05, 3.63) is 59.9 Å². The largest absolute Gasteiger partial charge is 0.385 e. The van der Waals surface area contributed by atoms with E-state index in [1.165, 1.54) is 12.1 Å². The minimum atomic E-state index is -0.581. The van der Waals surface area contributed by atoms with Gasteiger partial charge in [0.15, 0.2) is 0 Å². The fraction of sp³-hybridized carbons (Fsp3) is 0.393. The summed E-state index contributed by atoms with van der Waals surface area (Å²) in [6.07, 6.45) is 2.66. The molecule has 1 aromatic heterocycles. The van der Waals surface area contributed by atoms with Crippen molar-refractivity contribution in [2.45, 2.75) is 39.7 Å². The second-order valence-electron chi connectivity index (χ2n) is 7.95. The molecule has 198 valence electrons. The summed E-state index contributed by atoms with van der Waals surface area (Å²) >= 11 is 0. The number of nitrogens with two attached hydrogens (primary N) is 1. The number of benzene rings is 2. The zero-order valence-corrected chi connectivity index (χ0v) is 22.0. The molecule has 2 heterocycles. The van der Waals surface area contributed by atoms with E-state index in [-0.39, 0.29) is 18.3 Å². The Bertz CT molecular complexity index is 1150. The summed E-state index contributed by atoms with van der Waals surface area (Å²) in [5.74, 6) is -0.261. The van der Waals surface area contributed by atoms with Crippen LogP contribution in [0.5, 0.6) is 0 Å². The minimum Gasteiger partial charge on any atom is -0.385 e. The number of aldehydes is 1. The number of aromatic nitrogens is 2. The first-order chi connectivity index (χ1) is 18.0. The lowest BCUT2D eigenvalue weighted by Crippen LogP contribution is -2.37. The molecule has 37 heavy (non-hydrogen) atoms. The molecule has 4 rings (SSSR count). The first-order valence-electron chi connectivity index (χ1n) is 12.5. The third-order valence-electron chi connectivity index (χ3n) is 5.70. The Morgan fingerprint density at radius 3 is 2.30 bits per heavy atom. The molecule has 1 aliphatic heterocycles. The van der Waals surface area contributed by atoms with Gasteiger partial charge in [0.05, 0.1) is 23.0 Å². The van der Waals surface area contributed by atoms with Crippen molar-refractivity contribution in [3.8, 4) is 23.0 Å². The third-order valence-corrected chi connectivity index (χ3v) is 5.70. The molecule has 2 N–H and O–H groups in total. The molecule has 0 unspecified atom stereocenters. The summed E-state index contributed by atoms with van der Waals surface area (Å²) in [5, 5.41) is 13.3. The van der Waals surface area contributed by atoms with Gasteiger partial charge in [-0.2, -0.15) is 10.4 Å². The Balaban J connectivity index is 0.000000733. The van der Waals surface area contributed by atoms with E-state index in [4.69, 9.17) is 15.7 Å². The van der Waals surface area contributed by atoms with E-state index in [9.17, 15) is 9.18 Å². The maximum atomic E-state index is 14.1. The lowest BCUT2D eigenvalue weighted by atomic mass is 10.1. The lowest BCUT2D eigenvalue weighted by Gasteiger charge is -2.33. The molecular weight excluding hydrogens is 473 g/mol. The van der Waals surface area contributed by atoms with Gasteiger partial charge >= 0.3 is 0 Å². The maximum Gasteiger partial charge on any atom is 0.146 e. The molecule has 0 spiro atoms. The van der Waals surface area contributed by atoms with Gasteiger partial charge in [0.25, 0.3) is 0 Å². The number of ether oxygens (including phenoxy) is 2.